The fourth-order valence-electron chi connectivity index (χ4n) is 2.92. The van der Waals surface area contributed by atoms with E-state index in [2.05, 4.69) is 20.5 Å². The van der Waals surface area contributed by atoms with Gasteiger partial charge < -0.3 is 0 Å². The molecule has 3 aromatic rings. The van der Waals surface area contributed by atoms with Crippen molar-refractivity contribution in [2.45, 2.75) is 19.3 Å². The predicted molar refractivity (Wildman–Crippen MR) is 105 cm³/mol. The van der Waals surface area contributed by atoms with Crippen molar-refractivity contribution in [1.29, 1.82) is 0 Å². The number of anilines is 1. The van der Waals surface area contributed by atoms with Gasteiger partial charge in [0.2, 0.25) is 17.8 Å². The number of hydrogen-bond acceptors (Lipinski definition) is 5. The molecular weight excluding hydrogens is 380 g/mol. The van der Waals surface area contributed by atoms with Crippen molar-refractivity contribution in [3.63, 3.8) is 0 Å². The zero-order valence-electron chi connectivity index (χ0n) is 14.9. The molecule has 28 heavy (non-hydrogen) atoms. The topological polar surface area (TPSA) is 92.0 Å². The molecule has 0 saturated heterocycles. The Hall–Kier alpha value is -3.26. The first kappa shape index (κ1) is 18.1. The number of carbonyl (C=O) groups excluding carboxylic acids is 2. The molecular formula is C19H17ClN6O2. The summed E-state index contributed by atoms with van der Waals surface area (Å²) >= 11 is 5.90. The minimum absolute atomic E-state index is 0.0296. The van der Waals surface area contributed by atoms with Crippen LogP contribution in [0.15, 0.2) is 53.8 Å². The van der Waals surface area contributed by atoms with Gasteiger partial charge in [-0.05, 0) is 17.7 Å². The third kappa shape index (κ3) is 4.01. The van der Waals surface area contributed by atoms with E-state index in [-0.39, 0.29) is 30.6 Å². The number of hydrogen-bond donors (Lipinski definition) is 1. The summed E-state index contributed by atoms with van der Waals surface area (Å²) in [6.45, 7) is 0.527. The fourth-order valence-corrected chi connectivity index (χ4v) is 3.07. The second-order valence-electron chi connectivity index (χ2n) is 6.31. The Morgan fingerprint density at radius 1 is 1.11 bits per heavy atom. The van der Waals surface area contributed by atoms with Gasteiger partial charge in [-0.1, -0.05) is 41.9 Å². The molecule has 1 aromatic carbocycles. The molecule has 4 rings (SSSR count). The molecule has 0 radical (unpaired) electrons. The van der Waals surface area contributed by atoms with Crippen molar-refractivity contribution in [3.05, 3.63) is 59.2 Å². The first-order chi connectivity index (χ1) is 13.6. The fraction of sp³-hybridized carbons (Fsp3) is 0.211. The normalized spacial score (nSPS) is 13.6. The highest BCUT2D eigenvalue weighted by molar-refractivity contribution is 6.30. The van der Waals surface area contributed by atoms with Gasteiger partial charge in [0.25, 0.3) is 0 Å². The molecule has 0 bridgehead atoms. The second kappa shape index (κ2) is 7.77. The first-order valence-corrected chi connectivity index (χ1v) is 9.21. The average Bonchev–Trinajstić information content (AvgIpc) is 3.33. The van der Waals surface area contributed by atoms with Crippen LogP contribution in [0.5, 0.6) is 0 Å². The number of halogens is 1. The van der Waals surface area contributed by atoms with E-state index >= 15 is 0 Å². The van der Waals surface area contributed by atoms with Crippen LogP contribution >= 0.6 is 11.6 Å². The summed E-state index contributed by atoms with van der Waals surface area (Å²) in [7, 11) is 0. The number of fused-ring (bicyclic) bond motifs is 1. The van der Waals surface area contributed by atoms with E-state index in [9.17, 15) is 9.59 Å². The van der Waals surface area contributed by atoms with E-state index in [1.165, 1.54) is 9.52 Å². The summed E-state index contributed by atoms with van der Waals surface area (Å²) in [5.74, 6) is -0.345. The molecule has 1 aliphatic rings. The Morgan fingerprint density at radius 3 is 2.75 bits per heavy atom. The Morgan fingerprint density at radius 2 is 1.93 bits per heavy atom. The molecule has 3 heterocycles. The van der Waals surface area contributed by atoms with Crippen LogP contribution in [-0.2, 0) is 9.59 Å². The van der Waals surface area contributed by atoms with Crippen LogP contribution in [0.25, 0.3) is 5.65 Å². The Bertz CT molecular complexity index is 1060. The molecule has 1 N–H and O–H groups in total. The third-order valence-corrected chi connectivity index (χ3v) is 4.53. The molecule has 8 nitrogen and oxygen atoms in total. The van der Waals surface area contributed by atoms with Gasteiger partial charge in [0.05, 0.1) is 17.3 Å². The summed E-state index contributed by atoms with van der Waals surface area (Å²) in [6.07, 6.45) is 2.40. The summed E-state index contributed by atoms with van der Waals surface area (Å²) in [5, 5.41) is 13.1. The number of hydrazone groups is 1. The van der Waals surface area contributed by atoms with E-state index in [0.29, 0.717) is 23.6 Å². The molecule has 9 heteroatoms. The van der Waals surface area contributed by atoms with Gasteiger partial charge in [-0.25, -0.2) is 9.52 Å². The maximum absolute atomic E-state index is 12.3. The van der Waals surface area contributed by atoms with Gasteiger partial charge in [-0.2, -0.15) is 10.1 Å². The largest absolute Gasteiger partial charge is 0.293 e. The SMILES string of the molecule is O=C(CCC(=O)N1CCC(c2ccccc2)=N1)Nc1nc2ccc(Cl)cn2n1. The monoisotopic (exact) mass is 396 g/mol. The molecule has 142 valence electrons. The lowest BCUT2D eigenvalue weighted by Crippen LogP contribution is -2.25. The van der Waals surface area contributed by atoms with Crippen LogP contribution in [0, 0.1) is 0 Å². The van der Waals surface area contributed by atoms with E-state index in [1.807, 2.05) is 30.3 Å². The number of aromatic nitrogens is 3. The smallest absolute Gasteiger partial charge is 0.249 e. The lowest BCUT2D eigenvalue weighted by molar-refractivity contribution is -0.132. The van der Waals surface area contributed by atoms with Crippen molar-refractivity contribution in [1.82, 2.24) is 19.6 Å². The first-order valence-electron chi connectivity index (χ1n) is 8.83. The minimum atomic E-state index is -0.332. The van der Waals surface area contributed by atoms with Crippen molar-refractivity contribution < 1.29 is 9.59 Å². The van der Waals surface area contributed by atoms with Gasteiger partial charge in [0, 0.05) is 25.5 Å². The van der Waals surface area contributed by atoms with Gasteiger partial charge in [-0.15, -0.1) is 5.10 Å². The number of amides is 2. The van der Waals surface area contributed by atoms with Gasteiger partial charge >= 0.3 is 0 Å². The zero-order chi connectivity index (χ0) is 19.5. The van der Waals surface area contributed by atoms with Crippen LogP contribution in [0.3, 0.4) is 0 Å². The van der Waals surface area contributed by atoms with Crippen LogP contribution in [0.1, 0.15) is 24.8 Å². The number of nitrogens with one attached hydrogen (secondary N) is 1. The molecule has 0 aliphatic carbocycles. The van der Waals surface area contributed by atoms with Crippen molar-refractivity contribution >= 4 is 40.7 Å². The van der Waals surface area contributed by atoms with E-state index in [1.54, 1.807) is 18.3 Å². The Labute approximate surface area is 165 Å². The van der Waals surface area contributed by atoms with E-state index in [4.69, 9.17) is 11.6 Å². The lowest BCUT2D eigenvalue weighted by atomic mass is 10.1. The molecule has 2 amide bonds. The molecule has 0 saturated carbocycles. The quantitative estimate of drug-likeness (QED) is 0.717. The Kier molecular flexibility index (Phi) is 5.03. The lowest BCUT2D eigenvalue weighted by Gasteiger charge is -2.10. The number of benzene rings is 1. The van der Waals surface area contributed by atoms with Crippen LogP contribution in [-0.4, -0.2) is 43.7 Å². The third-order valence-electron chi connectivity index (χ3n) is 4.31. The summed E-state index contributed by atoms with van der Waals surface area (Å²) in [4.78, 5) is 28.7. The highest BCUT2D eigenvalue weighted by atomic mass is 35.5. The van der Waals surface area contributed by atoms with Gasteiger partial charge in [-0.3, -0.25) is 14.9 Å². The highest BCUT2D eigenvalue weighted by Gasteiger charge is 2.22. The summed E-state index contributed by atoms with van der Waals surface area (Å²) in [6, 6.07) is 13.1. The maximum Gasteiger partial charge on any atom is 0.249 e. The van der Waals surface area contributed by atoms with Crippen LogP contribution < -0.4 is 5.32 Å². The standard InChI is InChI=1S/C19H17ClN6O2/c20-14-6-7-16-21-19(24-26(16)12-14)22-17(27)8-9-18(28)25-11-10-15(23-25)13-4-2-1-3-5-13/h1-7,12H,8-11H2,(H,22,24,27). The molecule has 0 fully saturated rings. The van der Waals surface area contributed by atoms with Gasteiger partial charge in [0.15, 0.2) is 5.65 Å². The number of carbonyl (C=O) groups is 2. The highest BCUT2D eigenvalue weighted by Crippen LogP contribution is 2.15. The molecule has 2 aromatic heterocycles. The number of nitrogens with zero attached hydrogens (tertiary/aromatic N) is 5. The van der Waals surface area contributed by atoms with Crippen LogP contribution in [0.2, 0.25) is 5.02 Å². The van der Waals surface area contributed by atoms with Crippen molar-refractivity contribution in [3.8, 4) is 0 Å². The zero-order valence-corrected chi connectivity index (χ0v) is 15.6. The maximum atomic E-state index is 12.3. The van der Waals surface area contributed by atoms with Crippen molar-refractivity contribution in [2.24, 2.45) is 5.10 Å². The predicted octanol–water partition coefficient (Wildman–Crippen LogP) is 2.74. The molecule has 0 atom stereocenters. The number of pyridine rings is 1. The second-order valence-corrected chi connectivity index (χ2v) is 6.75. The molecule has 0 unspecified atom stereocenters. The van der Waals surface area contributed by atoms with Crippen LogP contribution in [0.4, 0.5) is 5.95 Å². The summed E-state index contributed by atoms with van der Waals surface area (Å²) < 4.78 is 1.48. The van der Waals surface area contributed by atoms with Gasteiger partial charge in [0.1, 0.15) is 0 Å². The molecule has 1 aliphatic heterocycles. The average molecular weight is 397 g/mol. The summed E-state index contributed by atoms with van der Waals surface area (Å²) in [5.41, 5.74) is 2.45. The molecule has 0 spiro atoms. The van der Waals surface area contributed by atoms with Crippen molar-refractivity contribution in [2.75, 3.05) is 11.9 Å². The Balaban J connectivity index is 1.32. The minimum Gasteiger partial charge on any atom is -0.293 e. The number of rotatable bonds is 5. The van der Waals surface area contributed by atoms with E-state index < -0.39 is 0 Å². The van der Waals surface area contributed by atoms with E-state index in [0.717, 1.165) is 11.3 Å².